The molecule has 3 atom stereocenters. The predicted octanol–water partition coefficient (Wildman–Crippen LogP) is -0.276. The Bertz CT molecular complexity index is 1060. The fourth-order valence-electron chi connectivity index (χ4n) is 3.12. The van der Waals surface area contributed by atoms with Crippen molar-refractivity contribution in [2.24, 2.45) is 10.3 Å². The first-order valence-electron chi connectivity index (χ1n) is 8.87. The number of carbonyl (C=O) groups is 3. The number of oxime groups is 1. The third-order valence-corrected chi connectivity index (χ3v) is 9.04. The number of fused-ring (bicyclic) bond motifs is 1. The summed E-state index contributed by atoms with van der Waals surface area (Å²) in [5, 5.41) is 27.8. The van der Waals surface area contributed by atoms with Crippen molar-refractivity contribution >= 4 is 81.0 Å². The van der Waals surface area contributed by atoms with Gasteiger partial charge in [0.05, 0.1) is 5.55 Å². The monoisotopic (exact) mass is 516 g/mol. The quantitative estimate of drug-likeness (QED) is 0.138. The Balaban J connectivity index is 1.47. The van der Waals surface area contributed by atoms with Gasteiger partial charge in [0.25, 0.3) is 11.8 Å². The van der Waals surface area contributed by atoms with Crippen molar-refractivity contribution in [3.05, 3.63) is 17.1 Å². The molecule has 1 aromatic heterocycles. The molecule has 4 heterocycles. The van der Waals surface area contributed by atoms with Gasteiger partial charge in [-0.05, 0) is 12.5 Å². The minimum atomic E-state index is -1.21. The Morgan fingerprint density at radius 1 is 1.53 bits per heavy atom. The standard InChI is InChI=1S/C15H16N8O5S4/c1-15(22-17-4-31-15)30-3-5-2-29-12-7(11(25)23(12)8(5)13(26)27)18-10(24)6(20-28)9-19-14(16)32-21-9/h4,7,12,22,28H,2-3H2,1H3,(H,18,24)(H,26,27)(H2,16,19,21)/b20-6+/t7?,12-,15?/m1/s1. The molecule has 2 amide bonds. The van der Waals surface area contributed by atoms with Crippen LogP contribution in [-0.2, 0) is 14.4 Å². The van der Waals surface area contributed by atoms with Gasteiger partial charge < -0.3 is 21.4 Å². The zero-order valence-corrected chi connectivity index (χ0v) is 19.5. The summed E-state index contributed by atoms with van der Waals surface area (Å²) in [6, 6.07) is -0.984. The second-order valence-electron chi connectivity index (χ2n) is 6.72. The molecule has 3 aliphatic heterocycles. The lowest BCUT2D eigenvalue weighted by atomic mass is 10.0. The number of carboxylic acids is 1. The largest absolute Gasteiger partial charge is 0.477 e. The van der Waals surface area contributed by atoms with Crippen molar-refractivity contribution in [1.29, 1.82) is 0 Å². The Kier molecular flexibility index (Phi) is 6.24. The summed E-state index contributed by atoms with van der Waals surface area (Å²) in [4.78, 5) is 42.2. The van der Waals surface area contributed by atoms with Crippen molar-refractivity contribution in [2.75, 3.05) is 17.2 Å². The molecule has 17 heteroatoms. The number of amides is 2. The minimum absolute atomic E-state index is 0.0748. The van der Waals surface area contributed by atoms with Crippen molar-refractivity contribution in [1.82, 2.24) is 25.0 Å². The highest BCUT2D eigenvalue weighted by atomic mass is 32.2. The van der Waals surface area contributed by atoms with Gasteiger partial charge in [0.15, 0.2) is 5.13 Å². The van der Waals surface area contributed by atoms with E-state index in [1.165, 1.54) is 40.2 Å². The lowest BCUT2D eigenvalue weighted by Gasteiger charge is -2.49. The molecular formula is C15H16N8O5S4. The highest BCUT2D eigenvalue weighted by Gasteiger charge is 2.54. The number of rotatable bonds is 7. The number of nitrogen functional groups attached to an aromatic ring is 1. The summed E-state index contributed by atoms with van der Waals surface area (Å²) >= 11 is 5.12. The Labute approximate surface area is 197 Å². The highest BCUT2D eigenvalue weighted by Crippen LogP contribution is 2.43. The molecule has 0 aromatic carbocycles. The SMILES string of the molecule is CC1(SCC2=C(C(=O)O)N3C(=O)C(NC(=O)/C(=N/O)c4nsc(N)n4)[C@H]3SC2)NN=CS1. The van der Waals surface area contributed by atoms with Gasteiger partial charge in [-0.3, -0.25) is 19.9 Å². The van der Waals surface area contributed by atoms with E-state index < -0.39 is 39.1 Å². The molecule has 1 saturated heterocycles. The first-order valence-corrected chi connectivity index (χ1v) is 12.6. The second-order valence-corrected chi connectivity index (χ2v) is 11.5. The molecule has 1 fully saturated rings. The molecule has 2 unspecified atom stereocenters. The third-order valence-electron chi connectivity index (χ3n) is 4.62. The Hall–Kier alpha value is -2.50. The van der Waals surface area contributed by atoms with Crippen molar-refractivity contribution in [3.63, 3.8) is 0 Å². The molecule has 1 aromatic rings. The van der Waals surface area contributed by atoms with Crippen LogP contribution in [0.5, 0.6) is 0 Å². The summed E-state index contributed by atoms with van der Waals surface area (Å²) in [6.07, 6.45) is 0. The Morgan fingerprint density at radius 3 is 2.91 bits per heavy atom. The number of aromatic nitrogens is 2. The normalized spacial score (nSPS) is 27.1. The topological polar surface area (TPSA) is 195 Å². The van der Waals surface area contributed by atoms with Crippen LogP contribution in [0.2, 0.25) is 0 Å². The molecule has 4 rings (SSSR count). The number of hydrazone groups is 1. The average Bonchev–Trinajstić information content (AvgIpc) is 3.39. The third kappa shape index (κ3) is 4.12. The first kappa shape index (κ1) is 22.7. The summed E-state index contributed by atoms with van der Waals surface area (Å²) in [5.41, 5.74) is 10.2. The smallest absolute Gasteiger partial charge is 0.352 e. The predicted molar refractivity (Wildman–Crippen MR) is 122 cm³/mol. The fourth-order valence-corrected chi connectivity index (χ4v) is 6.82. The van der Waals surface area contributed by atoms with E-state index in [-0.39, 0.29) is 16.7 Å². The van der Waals surface area contributed by atoms with E-state index in [1.807, 2.05) is 6.92 Å². The van der Waals surface area contributed by atoms with Gasteiger partial charge in [0.2, 0.25) is 11.5 Å². The number of nitrogens with zero attached hydrogens (tertiary/aromatic N) is 5. The average molecular weight is 517 g/mol. The highest BCUT2D eigenvalue weighted by molar-refractivity contribution is 8.25. The van der Waals surface area contributed by atoms with Gasteiger partial charge in [0, 0.05) is 23.0 Å². The van der Waals surface area contributed by atoms with Gasteiger partial charge in [0.1, 0.15) is 21.3 Å². The van der Waals surface area contributed by atoms with Crippen LogP contribution in [0.3, 0.4) is 0 Å². The molecule has 13 nitrogen and oxygen atoms in total. The fraction of sp³-hybridized carbons (Fsp3) is 0.400. The number of anilines is 1. The molecule has 0 spiro atoms. The van der Waals surface area contributed by atoms with Crippen LogP contribution in [0.25, 0.3) is 0 Å². The maximum absolute atomic E-state index is 12.8. The molecule has 0 bridgehead atoms. The zero-order valence-electron chi connectivity index (χ0n) is 16.2. The lowest BCUT2D eigenvalue weighted by Crippen LogP contribution is -2.71. The second kappa shape index (κ2) is 8.80. The number of carbonyl (C=O) groups excluding carboxylic acids is 2. The molecule has 0 saturated carbocycles. The summed E-state index contributed by atoms with van der Waals surface area (Å²) in [7, 11) is 0. The van der Waals surface area contributed by atoms with E-state index in [0.29, 0.717) is 17.1 Å². The number of hydrogen-bond donors (Lipinski definition) is 5. The van der Waals surface area contributed by atoms with E-state index in [2.05, 4.69) is 30.4 Å². The molecular weight excluding hydrogens is 500 g/mol. The van der Waals surface area contributed by atoms with Gasteiger partial charge in [-0.25, -0.2) is 4.79 Å². The number of carboxylic acid groups (broad SMARTS) is 1. The number of thioether (sulfide) groups is 3. The Morgan fingerprint density at radius 2 is 2.31 bits per heavy atom. The summed E-state index contributed by atoms with van der Waals surface area (Å²) < 4.78 is 3.40. The van der Waals surface area contributed by atoms with Crippen molar-refractivity contribution in [2.45, 2.75) is 22.5 Å². The van der Waals surface area contributed by atoms with E-state index >= 15 is 0 Å². The van der Waals surface area contributed by atoms with E-state index in [9.17, 15) is 24.7 Å². The molecule has 6 N–H and O–H groups in total. The molecule has 0 radical (unpaired) electrons. The maximum Gasteiger partial charge on any atom is 0.352 e. The van der Waals surface area contributed by atoms with Crippen LogP contribution >= 0.6 is 46.8 Å². The van der Waals surface area contributed by atoms with Crippen LogP contribution in [0.1, 0.15) is 12.7 Å². The van der Waals surface area contributed by atoms with Gasteiger partial charge in [-0.1, -0.05) is 16.9 Å². The lowest BCUT2D eigenvalue weighted by molar-refractivity contribution is -0.150. The van der Waals surface area contributed by atoms with Gasteiger partial charge >= 0.3 is 5.97 Å². The van der Waals surface area contributed by atoms with Gasteiger partial charge in [-0.15, -0.1) is 23.5 Å². The van der Waals surface area contributed by atoms with Crippen molar-refractivity contribution < 1.29 is 24.7 Å². The maximum atomic E-state index is 12.8. The van der Waals surface area contributed by atoms with Crippen LogP contribution in [0.15, 0.2) is 21.5 Å². The van der Waals surface area contributed by atoms with Crippen LogP contribution < -0.4 is 16.5 Å². The number of hydrogen-bond acceptors (Lipinski definition) is 14. The van der Waals surface area contributed by atoms with Crippen LogP contribution in [0.4, 0.5) is 5.13 Å². The minimum Gasteiger partial charge on any atom is -0.477 e. The summed E-state index contributed by atoms with van der Waals surface area (Å²) in [6.45, 7) is 1.93. The number of aliphatic carboxylic acids is 1. The molecule has 32 heavy (non-hydrogen) atoms. The number of nitrogens with one attached hydrogen (secondary N) is 2. The molecule has 0 aliphatic carbocycles. The number of nitrogens with two attached hydrogens (primary N) is 1. The number of β-lactam (4-membered cyclic amide) rings is 1. The van der Waals surface area contributed by atoms with Crippen LogP contribution in [-0.4, -0.2) is 80.7 Å². The molecule has 3 aliphatic rings. The zero-order chi connectivity index (χ0) is 23.0. The van der Waals surface area contributed by atoms with Crippen molar-refractivity contribution in [3.8, 4) is 0 Å². The first-order chi connectivity index (χ1) is 15.2. The van der Waals surface area contributed by atoms with E-state index in [4.69, 9.17) is 5.73 Å². The van der Waals surface area contributed by atoms with Gasteiger partial charge in [-0.2, -0.15) is 14.5 Å². The van der Waals surface area contributed by atoms with E-state index in [1.54, 1.807) is 5.55 Å². The summed E-state index contributed by atoms with van der Waals surface area (Å²) in [5.74, 6) is -2.06. The van der Waals surface area contributed by atoms with Crippen LogP contribution in [0, 0.1) is 0 Å². The van der Waals surface area contributed by atoms with E-state index in [0.717, 1.165) is 11.5 Å². The molecule has 170 valence electrons.